The van der Waals surface area contributed by atoms with E-state index in [0.717, 1.165) is 11.5 Å². The minimum atomic E-state index is 0.601. The van der Waals surface area contributed by atoms with E-state index in [2.05, 4.69) is 16.5 Å². The quantitative estimate of drug-likeness (QED) is 0.715. The Hall–Kier alpha value is -1.54. The number of anilines is 1. The normalized spacial score (nSPS) is 9.86. The van der Waals surface area contributed by atoms with Crippen molar-refractivity contribution in [3.05, 3.63) is 11.3 Å². The molecule has 0 spiro atoms. The van der Waals surface area contributed by atoms with Gasteiger partial charge < -0.3 is 10.1 Å². The standard InChI is InChI=1S/C9H14N4O/c1-7-8(6-10)9(13(2)12-7)11-4-5-14-3/h11H,4-5H2,1-3H3. The summed E-state index contributed by atoms with van der Waals surface area (Å²) < 4.78 is 6.58. The summed E-state index contributed by atoms with van der Waals surface area (Å²) >= 11 is 0. The zero-order valence-electron chi connectivity index (χ0n) is 8.66. The van der Waals surface area contributed by atoms with Gasteiger partial charge in [-0.15, -0.1) is 0 Å². The first-order valence-electron chi connectivity index (χ1n) is 4.37. The van der Waals surface area contributed by atoms with Crippen LogP contribution in [0, 0.1) is 18.3 Å². The Balaban J connectivity index is 2.80. The minimum absolute atomic E-state index is 0.601. The van der Waals surface area contributed by atoms with E-state index >= 15 is 0 Å². The van der Waals surface area contributed by atoms with Gasteiger partial charge in [-0.2, -0.15) is 10.4 Å². The fourth-order valence-corrected chi connectivity index (χ4v) is 1.27. The molecule has 0 aliphatic heterocycles. The summed E-state index contributed by atoms with van der Waals surface area (Å²) in [6.07, 6.45) is 0. The molecule has 0 saturated carbocycles. The van der Waals surface area contributed by atoms with Gasteiger partial charge in [0.05, 0.1) is 12.3 Å². The van der Waals surface area contributed by atoms with Crippen LogP contribution in [0.25, 0.3) is 0 Å². The van der Waals surface area contributed by atoms with Crippen molar-refractivity contribution in [1.82, 2.24) is 9.78 Å². The van der Waals surface area contributed by atoms with Crippen molar-refractivity contribution in [2.24, 2.45) is 7.05 Å². The predicted molar refractivity (Wildman–Crippen MR) is 53.0 cm³/mol. The first kappa shape index (κ1) is 10.5. The Kier molecular flexibility index (Phi) is 3.48. The van der Waals surface area contributed by atoms with Crippen molar-refractivity contribution < 1.29 is 4.74 Å². The maximum absolute atomic E-state index is 8.89. The first-order chi connectivity index (χ1) is 6.70. The van der Waals surface area contributed by atoms with Gasteiger partial charge in [-0.25, -0.2) is 0 Å². The molecule has 1 aromatic rings. The highest BCUT2D eigenvalue weighted by atomic mass is 16.5. The van der Waals surface area contributed by atoms with Crippen LogP contribution in [0.5, 0.6) is 0 Å². The van der Waals surface area contributed by atoms with Crippen LogP contribution in [0.4, 0.5) is 5.82 Å². The molecule has 1 aromatic heterocycles. The summed E-state index contributed by atoms with van der Waals surface area (Å²) in [5, 5.41) is 16.2. The van der Waals surface area contributed by atoms with E-state index in [1.54, 1.807) is 11.8 Å². The summed E-state index contributed by atoms with van der Waals surface area (Å²) in [5.74, 6) is 0.752. The lowest BCUT2D eigenvalue weighted by molar-refractivity contribution is 0.210. The maximum Gasteiger partial charge on any atom is 0.142 e. The highest BCUT2D eigenvalue weighted by molar-refractivity contribution is 5.54. The molecule has 0 saturated heterocycles. The van der Waals surface area contributed by atoms with Gasteiger partial charge in [-0.3, -0.25) is 4.68 Å². The number of nitriles is 1. The van der Waals surface area contributed by atoms with E-state index in [-0.39, 0.29) is 0 Å². The topological polar surface area (TPSA) is 62.9 Å². The Morgan fingerprint density at radius 3 is 2.93 bits per heavy atom. The summed E-state index contributed by atoms with van der Waals surface area (Å²) in [6, 6.07) is 2.12. The Morgan fingerprint density at radius 2 is 2.36 bits per heavy atom. The van der Waals surface area contributed by atoms with Gasteiger partial charge in [-0.1, -0.05) is 0 Å². The van der Waals surface area contributed by atoms with Crippen LogP contribution in [0.3, 0.4) is 0 Å². The van der Waals surface area contributed by atoms with Crippen LogP contribution in [0.1, 0.15) is 11.3 Å². The molecule has 14 heavy (non-hydrogen) atoms. The average molecular weight is 194 g/mol. The van der Waals surface area contributed by atoms with E-state index in [4.69, 9.17) is 10.00 Å². The van der Waals surface area contributed by atoms with Crippen molar-refractivity contribution in [3.63, 3.8) is 0 Å². The third-order valence-corrected chi connectivity index (χ3v) is 1.93. The summed E-state index contributed by atoms with van der Waals surface area (Å²) in [4.78, 5) is 0. The van der Waals surface area contributed by atoms with Gasteiger partial charge in [0.1, 0.15) is 17.5 Å². The summed E-state index contributed by atoms with van der Waals surface area (Å²) in [6.45, 7) is 3.10. The number of methoxy groups -OCH3 is 1. The third kappa shape index (κ3) is 2.03. The molecule has 1 N–H and O–H groups in total. The molecule has 5 nitrogen and oxygen atoms in total. The number of ether oxygens (including phenoxy) is 1. The van der Waals surface area contributed by atoms with Gasteiger partial charge in [0, 0.05) is 20.7 Å². The monoisotopic (exact) mass is 194 g/mol. The second-order valence-corrected chi connectivity index (χ2v) is 2.96. The lowest BCUT2D eigenvalue weighted by Crippen LogP contribution is -2.11. The second kappa shape index (κ2) is 4.63. The molecular weight excluding hydrogens is 180 g/mol. The molecule has 0 aliphatic carbocycles. The highest BCUT2D eigenvalue weighted by Crippen LogP contribution is 2.16. The van der Waals surface area contributed by atoms with Gasteiger partial charge in [-0.05, 0) is 6.92 Å². The third-order valence-electron chi connectivity index (χ3n) is 1.93. The van der Waals surface area contributed by atoms with Gasteiger partial charge in [0.25, 0.3) is 0 Å². The maximum atomic E-state index is 8.89. The minimum Gasteiger partial charge on any atom is -0.383 e. The summed E-state index contributed by atoms with van der Waals surface area (Å²) in [7, 11) is 3.45. The number of aryl methyl sites for hydroxylation is 2. The molecule has 1 heterocycles. The van der Waals surface area contributed by atoms with Crippen molar-refractivity contribution in [3.8, 4) is 6.07 Å². The number of rotatable bonds is 4. The van der Waals surface area contributed by atoms with Gasteiger partial charge in [0.15, 0.2) is 0 Å². The van der Waals surface area contributed by atoms with E-state index in [1.807, 2.05) is 14.0 Å². The number of hydrogen-bond acceptors (Lipinski definition) is 4. The SMILES string of the molecule is COCCNc1c(C#N)c(C)nn1C. The smallest absolute Gasteiger partial charge is 0.142 e. The van der Waals surface area contributed by atoms with Gasteiger partial charge >= 0.3 is 0 Å². The van der Waals surface area contributed by atoms with Crippen LogP contribution in [-0.2, 0) is 11.8 Å². The Labute approximate surface area is 83.3 Å². The van der Waals surface area contributed by atoms with Gasteiger partial charge in [0.2, 0.25) is 0 Å². The van der Waals surface area contributed by atoms with Crippen LogP contribution in [0.2, 0.25) is 0 Å². The number of nitrogens with one attached hydrogen (secondary N) is 1. The van der Waals surface area contributed by atoms with E-state index in [0.29, 0.717) is 18.7 Å². The fraction of sp³-hybridized carbons (Fsp3) is 0.556. The molecule has 0 bridgehead atoms. The largest absolute Gasteiger partial charge is 0.383 e. The molecule has 0 unspecified atom stereocenters. The fourth-order valence-electron chi connectivity index (χ4n) is 1.27. The molecular formula is C9H14N4O. The Morgan fingerprint density at radius 1 is 1.64 bits per heavy atom. The van der Waals surface area contributed by atoms with Crippen LogP contribution >= 0.6 is 0 Å². The molecule has 0 atom stereocenters. The molecule has 0 amide bonds. The average Bonchev–Trinajstić information content (AvgIpc) is 2.42. The lowest BCUT2D eigenvalue weighted by Gasteiger charge is -2.05. The summed E-state index contributed by atoms with van der Waals surface area (Å²) in [5.41, 5.74) is 1.35. The molecule has 76 valence electrons. The lowest BCUT2D eigenvalue weighted by atomic mass is 10.2. The molecule has 0 aromatic carbocycles. The highest BCUT2D eigenvalue weighted by Gasteiger charge is 2.11. The Bertz CT molecular complexity index is 350. The molecule has 0 radical (unpaired) electrons. The molecule has 0 aliphatic rings. The van der Waals surface area contributed by atoms with Crippen LogP contribution in [-0.4, -0.2) is 30.0 Å². The first-order valence-corrected chi connectivity index (χ1v) is 4.37. The second-order valence-electron chi connectivity index (χ2n) is 2.96. The number of aromatic nitrogens is 2. The van der Waals surface area contributed by atoms with Crippen LogP contribution in [0.15, 0.2) is 0 Å². The number of hydrogen-bond donors (Lipinski definition) is 1. The molecule has 1 rings (SSSR count). The zero-order chi connectivity index (χ0) is 10.6. The molecule has 0 fully saturated rings. The molecule has 5 heteroatoms. The van der Waals surface area contributed by atoms with E-state index in [9.17, 15) is 0 Å². The van der Waals surface area contributed by atoms with Crippen molar-refractivity contribution in [2.45, 2.75) is 6.92 Å². The zero-order valence-corrected chi connectivity index (χ0v) is 8.66. The van der Waals surface area contributed by atoms with E-state index < -0.39 is 0 Å². The predicted octanol–water partition coefficient (Wildman–Crippen LogP) is 0.658. The van der Waals surface area contributed by atoms with E-state index in [1.165, 1.54) is 0 Å². The van der Waals surface area contributed by atoms with Crippen LogP contribution < -0.4 is 5.32 Å². The van der Waals surface area contributed by atoms with Crippen molar-refractivity contribution in [2.75, 3.05) is 25.6 Å². The van der Waals surface area contributed by atoms with Crippen molar-refractivity contribution in [1.29, 1.82) is 5.26 Å². The number of nitrogens with zero attached hydrogens (tertiary/aromatic N) is 3. The van der Waals surface area contributed by atoms with Crippen molar-refractivity contribution >= 4 is 5.82 Å².